The Kier molecular flexibility index (Phi) is 3.93. The van der Waals surface area contributed by atoms with E-state index in [-0.39, 0.29) is 11.7 Å². The van der Waals surface area contributed by atoms with E-state index in [0.717, 1.165) is 5.56 Å². The molecule has 1 saturated heterocycles. The summed E-state index contributed by atoms with van der Waals surface area (Å²) in [6, 6.07) is 10.2. The van der Waals surface area contributed by atoms with Crippen molar-refractivity contribution in [1.29, 1.82) is 0 Å². The minimum atomic E-state index is -0.0839. The second kappa shape index (κ2) is 6.03. The largest absolute Gasteiger partial charge is 0.508 e. The van der Waals surface area contributed by atoms with Crippen LogP contribution in [0.15, 0.2) is 58.7 Å². The highest BCUT2D eigenvalue weighted by Gasteiger charge is 2.30. The fourth-order valence-corrected chi connectivity index (χ4v) is 2.89. The number of carbonyl (C=O) groups is 1. The number of aromatic nitrogens is 1. The monoisotopic (exact) mass is 311 g/mol. The number of likely N-dealkylation sites (N-methyl/N-ethyl adjacent to an activating group) is 1. The third kappa shape index (κ3) is 3.01. The Labute approximate surface area is 132 Å². The fourth-order valence-electron chi connectivity index (χ4n) is 1.90. The first-order valence-corrected chi connectivity index (χ1v) is 7.40. The minimum Gasteiger partial charge on any atom is -0.508 e. The number of nitrogens with zero attached hydrogens (tertiary/aromatic N) is 3. The minimum absolute atomic E-state index is 0.0839. The van der Waals surface area contributed by atoms with Crippen LogP contribution in [0.3, 0.4) is 0 Å². The van der Waals surface area contributed by atoms with Crippen molar-refractivity contribution >= 4 is 34.6 Å². The number of benzene rings is 1. The van der Waals surface area contributed by atoms with E-state index in [2.05, 4.69) is 9.98 Å². The van der Waals surface area contributed by atoms with E-state index in [9.17, 15) is 9.90 Å². The van der Waals surface area contributed by atoms with Gasteiger partial charge in [-0.15, -0.1) is 0 Å². The highest BCUT2D eigenvalue weighted by atomic mass is 32.2. The molecule has 22 heavy (non-hydrogen) atoms. The van der Waals surface area contributed by atoms with E-state index in [1.165, 1.54) is 16.7 Å². The lowest BCUT2D eigenvalue weighted by atomic mass is 10.2. The molecule has 1 amide bonds. The van der Waals surface area contributed by atoms with Crippen molar-refractivity contribution in [1.82, 2.24) is 9.88 Å². The number of carbonyl (C=O) groups excluding carboxylic acids is 1. The number of hydrogen-bond acceptors (Lipinski definition) is 5. The van der Waals surface area contributed by atoms with Crippen molar-refractivity contribution < 1.29 is 9.90 Å². The number of thioether (sulfide) groups is 1. The van der Waals surface area contributed by atoms with Crippen molar-refractivity contribution in [3.63, 3.8) is 0 Å². The van der Waals surface area contributed by atoms with Gasteiger partial charge in [-0.2, -0.15) is 0 Å². The first-order valence-electron chi connectivity index (χ1n) is 6.59. The lowest BCUT2D eigenvalue weighted by Gasteiger charge is -2.07. The van der Waals surface area contributed by atoms with Crippen LogP contribution in [0.1, 0.15) is 5.56 Å². The molecule has 5 nitrogen and oxygen atoms in total. The Morgan fingerprint density at radius 3 is 2.55 bits per heavy atom. The molecule has 1 N–H and O–H groups in total. The van der Waals surface area contributed by atoms with Crippen molar-refractivity contribution in [3.05, 3.63) is 59.3 Å². The molecule has 110 valence electrons. The maximum absolute atomic E-state index is 12.3. The zero-order valence-electron chi connectivity index (χ0n) is 11.8. The van der Waals surface area contributed by atoms with Gasteiger partial charge >= 0.3 is 0 Å². The molecule has 1 aromatic carbocycles. The van der Waals surface area contributed by atoms with E-state index in [1.54, 1.807) is 43.7 Å². The summed E-state index contributed by atoms with van der Waals surface area (Å²) >= 11 is 1.33. The molecule has 0 spiro atoms. The van der Waals surface area contributed by atoms with Gasteiger partial charge in [-0.25, -0.2) is 4.99 Å². The van der Waals surface area contributed by atoms with Crippen LogP contribution in [0.25, 0.3) is 6.08 Å². The molecule has 0 bridgehead atoms. The van der Waals surface area contributed by atoms with Gasteiger partial charge in [-0.05, 0) is 59.8 Å². The van der Waals surface area contributed by atoms with Gasteiger partial charge in [0.25, 0.3) is 5.91 Å². The van der Waals surface area contributed by atoms with E-state index in [1.807, 2.05) is 18.2 Å². The summed E-state index contributed by atoms with van der Waals surface area (Å²) in [6.07, 6.45) is 5.20. The Morgan fingerprint density at radius 2 is 1.86 bits per heavy atom. The number of phenols is 1. The number of pyridine rings is 1. The fraction of sp³-hybridized carbons (Fsp3) is 0.0625. The van der Waals surface area contributed by atoms with Gasteiger partial charge in [-0.1, -0.05) is 0 Å². The van der Waals surface area contributed by atoms with E-state index < -0.39 is 0 Å². The number of aromatic hydroxyl groups is 1. The van der Waals surface area contributed by atoms with Crippen molar-refractivity contribution in [2.45, 2.75) is 0 Å². The molecule has 6 heteroatoms. The average Bonchev–Trinajstić information content (AvgIpc) is 2.79. The smallest absolute Gasteiger partial charge is 0.266 e. The first kappa shape index (κ1) is 14.3. The molecule has 1 aromatic heterocycles. The number of rotatable bonds is 2. The average molecular weight is 311 g/mol. The summed E-state index contributed by atoms with van der Waals surface area (Å²) in [5, 5.41) is 9.89. The van der Waals surface area contributed by atoms with Crippen LogP contribution in [-0.2, 0) is 4.79 Å². The molecule has 2 aromatic rings. The topological polar surface area (TPSA) is 65.8 Å². The molecule has 0 radical (unpaired) electrons. The molecule has 1 aliphatic rings. The summed E-state index contributed by atoms with van der Waals surface area (Å²) in [5.74, 6) is 0.102. The Morgan fingerprint density at radius 1 is 1.18 bits per heavy atom. The van der Waals surface area contributed by atoms with E-state index in [0.29, 0.717) is 15.8 Å². The third-order valence-electron chi connectivity index (χ3n) is 3.08. The van der Waals surface area contributed by atoms with Crippen LogP contribution in [0.2, 0.25) is 0 Å². The summed E-state index contributed by atoms with van der Waals surface area (Å²) in [6.45, 7) is 0. The molecule has 0 unspecified atom stereocenters. The number of hydrogen-bond donors (Lipinski definition) is 1. The molecule has 0 atom stereocenters. The molecule has 0 aliphatic carbocycles. The summed E-state index contributed by atoms with van der Waals surface area (Å²) in [7, 11) is 1.70. The first-order chi connectivity index (χ1) is 10.6. The quantitative estimate of drug-likeness (QED) is 0.866. The zero-order valence-corrected chi connectivity index (χ0v) is 12.6. The van der Waals surface area contributed by atoms with E-state index >= 15 is 0 Å². The van der Waals surface area contributed by atoms with Gasteiger partial charge in [0, 0.05) is 19.4 Å². The maximum atomic E-state index is 12.3. The van der Waals surface area contributed by atoms with Crippen LogP contribution in [0, 0.1) is 0 Å². The number of amidine groups is 1. The van der Waals surface area contributed by atoms with Crippen LogP contribution in [0.4, 0.5) is 5.69 Å². The molecular formula is C16H13N3O2S. The van der Waals surface area contributed by atoms with Gasteiger partial charge in [0.15, 0.2) is 5.17 Å². The second-order valence-corrected chi connectivity index (χ2v) is 5.68. The molecule has 3 rings (SSSR count). The third-order valence-corrected chi connectivity index (χ3v) is 4.14. The maximum Gasteiger partial charge on any atom is 0.266 e. The van der Waals surface area contributed by atoms with Crippen LogP contribution < -0.4 is 0 Å². The summed E-state index contributed by atoms with van der Waals surface area (Å²) in [4.78, 5) is 22.8. The lowest BCUT2D eigenvalue weighted by Crippen LogP contribution is -2.23. The van der Waals surface area contributed by atoms with Crippen molar-refractivity contribution in [3.8, 4) is 5.75 Å². The summed E-state index contributed by atoms with van der Waals surface area (Å²) in [5.41, 5.74) is 1.61. The number of amides is 1. The zero-order chi connectivity index (χ0) is 15.5. The lowest BCUT2D eigenvalue weighted by molar-refractivity contribution is -0.121. The van der Waals surface area contributed by atoms with Crippen molar-refractivity contribution in [2.75, 3.05) is 7.05 Å². The predicted molar refractivity (Wildman–Crippen MR) is 87.8 cm³/mol. The highest BCUT2D eigenvalue weighted by molar-refractivity contribution is 8.18. The number of aliphatic imine (C=N–C) groups is 1. The Bertz CT molecular complexity index is 755. The molecule has 1 fully saturated rings. The van der Waals surface area contributed by atoms with Crippen LogP contribution >= 0.6 is 11.8 Å². The SMILES string of the molecule is CN1C(=O)/C(=C/c2ccncc2)SC1=Nc1ccc(O)cc1. The molecule has 1 aliphatic heterocycles. The number of phenolic OH excluding ortho intramolecular Hbond substituents is 1. The van der Waals surface area contributed by atoms with Gasteiger partial charge in [0.1, 0.15) is 5.75 Å². The van der Waals surface area contributed by atoms with Gasteiger partial charge in [0.2, 0.25) is 0 Å². The standard InChI is InChI=1S/C16H13N3O2S/c1-19-15(21)14(10-11-6-8-17-9-7-11)22-16(19)18-12-2-4-13(20)5-3-12/h2-10,20H,1H3/b14-10-,18-16?. The molecule has 2 heterocycles. The normalized spacial score (nSPS) is 18.4. The second-order valence-electron chi connectivity index (χ2n) is 4.67. The predicted octanol–water partition coefficient (Wildman–Crippen LogP) is 3.02. The van der Waals surface area contributed by atoms with Crippen molar-refractivity contribution in [2.24, 2.45) is 4.99 Å². The Hall–Kier alpha value is -2.60. The van der Waals surface area contributed by atoms with Gasteiger partial charge in [-0.3, -0.25) is 14.7 Å². The summed E-state index contributed by atoms with van der Waals surface area (Å²) < 4.78 is 0. The van der Waals surface area contributed by atoms with Crippen LogP contribution in [0.5, 0.6) is 5.75 Å². The highest BCUT2D eigenvalue weighted by Crippen LogP contribution is 2.33. The van der Waals surface area contributed by atoms with Gasteiger partial charge in [0.05, 0.1) is 10.6 Å². The Balaban J connectivity index is 1.88. The van der Waals surface area contributed by atoms with Crippen LogP contribution in [-0.4, -0.2) is 33.1 Å². The molecule has 0 saturated carbocycles. The van der Waals surface area contributed by atoms with Gasteiger partial charge < -0.3 is 5.11 Å². The molecular weight excluding hydrogens is 298 g/mol. The van der Waals surface area contributed by atoms with E-state index in [4.69, 9.17) is 0 Å².